The van der Waals surface area contributed by atoms with Gasteiger partial charge in [0.05, 0.1) is 63.6 Å². The summed E-state index contributed by atoms with van der Waals surface area (Å²) in [6.45, 7) is 9.23. The fourth-order valence-corrected chi connectivity index (χ4v) is 5.68. The number of rotatable bonds is 18. The van der Waals surface area contributed by atoms with Gasteiger partial charge in [-0.1, -0.05) is 43.7 Å². The van der Waals surface area contributed by atoms with Crippen LogP contribution in [0, 0.1) is 0 Å². The molecule has 0 amide bonds. The van der Waals surface area contributed by atoms with Crippen LogP contribution in [0.3, 0.4) is 0 Å². The summed E-state index contributed by atoms with van der Waals surface area (Å²) in [7, 11) is 3.42. The molecule has 1 fully saturated rings. The van der Waals surface area contributed by atoms with Gasteiger partial charge >= 0.3 is 0 Å². The predicted molar refractivity (Wildman–Crippen MR) is 163 cm³/mol. The van der Waals surface area contributed by atoms with E-state index in [2.05, 4.69) is 59.6 Å². The third kappa shape index (κ3) is 9.64. The summed E-state index contributed by atoms with van der Waals surface area (Å²) in [6.07, 6.45) is 1.94. The number of nitrogens with zero attached hydrogens (tertiary/aromatic N) is 1. The van der Waals surface area contributed by atoms with Crippen LogP contribution in [0.2, 0.25) is 0 Å². The lowest BCUT2D eigenvalue weighted by Gasteiger charge is -2.39. The van der Waals surface area contributed by atoms with Crippen molar-refractivity contribution < 1.29 is 33.5 Å². The Kier molecular flexibility index (Phi) is 13.8. The number of ether oxygens (including phenoxy) is 6. The van der Waals surface area contributed by atoms with Crippen molar-refractivity contribution in [1.82, 2.24) is 5.32 Å². The van der Waals surface area contributed by atoms with Gasteiger partial charge in [0.15, 0.2) is 0 Å². The Morgan fingerprint density at radius 1 is 0.952 bits per heavy atom. The second-order valence-electron chi connectivity index (χ2n) is 11.1. The average Bonchev–Trinajstić information content (AvgIpc) is 3.02. The smallest absolute Gasteiger partial charge is 0.142 e. The fourth-order valence-electron chi connectivity index (χ4n) is 5.68. The molecule has 1 saturated heterocycles. The number of nitrogens with one attached hydrogen (secondary N) is 1. The molecule has 1 unspecified atom stereocenters. The number of hydrogen-bond donors (Lipinski definition) is 2. The number of piperidine rings is 1. The van der Waals surface area contributed by atoms with Gasteiger partial charge < -0.3 is 43.7 Å². The molecule has 2 heterocycles. The zero-order chi connectivity index (χ0) is 29.6. The molecule has 2 aromatic carbocycles. The Morgan fingerprint density at radius 2 is 1.71 bits per heavy atom. The third-order valence-corrected chi connectivity index (χ3v) is 7.91. The van der Waals surface area contributed by atoms with Crippen molar-refractivity contribution in [3.8, 4) is 5.75 Å². The molecule has 0 saturated carbocycles. The maximum Gasteiger partial charge on any atom is 0.142 e. The maximum absolute atomic E-state index is 10.4. The lowest BCUT2D eigenvalue weighted by molar-refractivity contribution is -0.0783. The minimum Gasteiger partial charge on any atom is -0.490 e. The summed E-state index contributed by atoms with van der Waals surface area (Å²) in [5.41, 5.74) is 4.51. The van der Waals surface area contributed by atoms with Crippen LogP contribution < -0.4 is 15.0 Å². The molecule has 0 spiro atoms. The molecule has 0 bridgehead atoms. The van der Waals surface area contributed by atoms with Gasteiger partial charge in [0, 0.05) is 46.4 Å². The van der Waals surface area contributed by atoms with Crippen molar-refractivity contribution in [3.05, 3.63) is 59.2 Å². The Hall–Kier alpha value is -2.24. The van der Waals surface area contributed by atoms with Crippen LogP contribution >= 0.6 is 0 Å². The molecular weight excluding hydrogens is 536 g/mol. The molecule has 234 valence electrons. The molecule has 9 heteroatoms. The van der Waals surface area contributed by atoms with Gasteiger partial charge in [0.2, 0.25) is 0 Å². The normalized spacial score (nSPS) is 21.1. The predicted octanol–water partition coefficient (Wildman–Crippen LogP) is 3.90. The molecule has 0 aromatic heterocycles. The van der Waals surface area contributed by atoms with Gasteiger partial charge in [0.25, 0.3) is 0 Å². The fraction of sp³-hybridized carbons (Fsp3) is 0.636. The highest BCUT2D eigenvalue weighted by atomic mass is 16.5. The second-order valence-corrected chi connectivity index (χ2v) is 11.1. The maximum atomic E-state index is 10.4. The van der Waals surface area contributed by atoms with Crippen molar-refractivity contribution in [1.29, 1.82) is 0 Å². The van der Waals surface area contributed by atoms with Gasteiger partial charge in [-0.25, -0.2) is 0 Å². The van der Waals surface area contributed by atoms with Crippen LogP contribution in [0.4, 0.5) is 5.69 Å². The molecule has 2 aliphatic rings. The van der Waals surface area contributed by atoms with E-state index in [1.807, 2.05) is 0 Å². The van der Waals surface area contributed by atoms with E-state index in [1.165, 1.54) is 5.56 Å². The highest BCUT2D eigenvalue weighted by Crippen LogP contribution is 2.35. The van der Waals surface area contributed by atoms with Crippen molar-refractivity contribution in [3.63, 3.8) is 0 Å². The molecule has 42 heavy (non-hydrogen) atoms. The number of aliphatic hydroxyl groups is 1. The monoisotopic (exact) mass is 586 g/mol. The van der Waals surface area contributed by atoms with E-state index in [1.54, 1.807) is 14.2 Å². The number of benzene rings is 2. The van der Waals surface area contributed by atoms with E-state index in [0.717, 1.165) is 68.1 Å². The SMILES string of the molecule is CCCC(O)CO[C@@H]1CNC[C@H](OCc2ccc3c(c2)N(CCCOC)CCO3)[C@H]1c1ccc(COCCOC)cc1. The van der Waals surface area contributed by atoms with Crippen LogP contribution in [0.5, 0.6) is 5.75 Å². The first-order valence-electron chi connectivity index (χ1n) is 15.4. The molecule has 2 N–H and O–H groups in total. The number of aliphatic hydroxyl groups excluding tert-OH is 1. The van der Waals surface area contributed by atoms with Crippen LogP contribution in [0.15, 0.2) is 42.5 Å². The van der Waals surface area contributed by atoms with E-state index < -0.39 is 6.10 Å². The zero-order valence-corrected chi connectivity index (χ0v) is 25.6. The summed E-state index contributed by atoms with van der Waals surface area (Å²) in [4.78, 5) is 2.37. The lowest BCUT2D eigenvalue weighted by atomic mass is 9.85. The second kappa shape index (κ2) is 17.8. The number of anilines is 1. The highest BCUT2D eigenvalue weighted by Gasteiger charge is 2.36. The summed E-state index contributed by atoms with van der Waals surface area (Å²) < 4.78 is 35.0. The van der Waals surface area contributed by atoms with Crippen molar-refractivity contribution in [2.45, 2.75) is 63.6 Å². The van der Waals surface area contributed by atoms with Crippen LogP contribution in [0.25, 0.3) is 0 Å². The third-order valence-electron chi connectivity index (χ3n) is 7.91. The van der Waals surface area contributed by atoms with E-state index in [0.29, 0.717) is 46.2 Å². The molecule has 0 radical (unpaired) electrons. The summed E-state index contributed by atoms with van der Waals surface area (Å²) in [6, 6.07) is 14.9. The molecule has 0 aliphatic carbocycles. The van der Waals surface area contributed by atoms with Crippen molar-refractivity contribution in [2.24, 2.45) is 0 Å². The largest absolute Gasteiger partial charge is 0.490 e. The number of fused-ring (bicyclic) bond motifs is 1. The topological polar surface area (TPSA) is 90.9 Å². The first kappa shape index (κ1) is 32.7. The first-order valence-corrected chi connectivity index (χ1v) is 15.4. The van der Waals surface area contributed by atoms with Gasteiger partial charge in [-0.15, -0.1) is 0 Å². The Morgan fingerprint density at radius 3 is 2.48 bits per heavy atom. The Balaban J connectivity index is 1.46. The number of methoxy groups -OCH3 is 2. The van der Waals surface area contributed by atoms with Gasteiger partial charge in [0.1, 0.15) is 12.4 Å². The lowest BCUT2D eigenvalue weighted by Crippen LogP contribution is -2.51. The Labute approximate surface area is 251 Å². The molecule has 4 atom stereocenters. The van der Waals surface area contributed by atoms with Crippen molar-refractivity contribution in [2.75, 3.05) is 78.3 Å². The average molecular weight is 587 g/mol. The minimum atomic E-state index is -0.465. The van der Waals surface area contributed by atoms with Crippen LogP contribution in [-0.2, 0) is 36.9 Å². The van der Waals surface area contributed by atoms with E-state index >= 15 is 0 Å². The molecule has 4 rings (SSSR count). The standard InChI is InChI=1S/C33H50N2O7/c1-4-6-28(36)24-42-32-21-34-20-31(33(32)27-10-7-25(8-11-27)22-39-18-17-38-3)41-23-26-9-12-30-29(19-26)35(14-16-40-30)13-5-15-37-2/h7-12,19,28,31-34,36H,4-6,13-18,20-24H2,1-3H3/t28?,31-,32+,33+/m0/s1. The summed E-state index contributed by atoms with van der Waals surface area (Å²) in [5, 5.41) is 13.9. The molecule has 9 nitrogen and oxygen atoms in total. The highest BCUT2D eigenvalue weighted by molar-refractivity contribution is 5.61. The van der Waals surface area contributed by atoms with Gasteiger partial charge in [-0.05, 0) is 41.7 Å². The quantitative estimate of drug-likeness (QED) is 0.253. The number of hydrogen-bond acceptors (Lipinski definition) is 9. The molecule has 2 aliphatic heterocycles. The molecule has 2 aromatic rings. The van der Waals surface area contributed by atoms with Crippen LogP contribution in [-0.4, -0.2) is 96.9 Å². The zero-order valence-electron chi connectivity index (χ0n) is 25.6. The van der Waals surface area contributed by atoms with Gasteiger partial charge in [-0.2, -0.15) is 0 Å². The van der Waals surface area contributed by atoms with Crippen molar-refractivity contribution >= 4 is 5.69 Å². The van der Waals surface area contributed by atoms with E-state index in [4.69, 9.17) is 28.4 Å². The summed E-state index contributed by atoms with van der Waals surface area (Å²) >= 11 is 0. The van der Waals surface area contributed by atoms with Crippen LogP contribution in [0.1, 0.15) is 48.8 Å². The Bertz CT molecular complexity index is 1040. The van der Waals surface area contributed by atoms with E-state index in [9.17, 15) is 5.11 Å². The van der Waals surface area contributed by atoms with Gasteiger partial charge in [-0.3, -0.25) is 0 Å². The first-order chi connectivity index (χ1) is 20.6. The molecular formula is C33H50N2O7. The minimum absolute atomic E-state index is 0.0232. The summed E-state index contributed by atoms with van der Waals surface area (Å²) in [5.74, 6) is 0.944. The van der Waals surface area contributed by atoms with E-state index in [-0.39, 0.29) is 18.1 Å².